The lowest BCUT2D eigenvalue weighted by Crippen LogP contribution is -2.41. The van der Waals surface area contributed by atoms with E-state index in [0.29, 0.717) is 18.7 Å². The van der Waals surface area contributed by atoms with Crippen LogP contribution in [0.5, 0.6) is 0 Å². The van der Waals surface area contributed by atoms with E-state index >= 15 is 0 Å². The number of nitro benzene ring substituents is 1. The van der Waals surface area contributed by atoms with Gasteiger partial charge < -0.3 is 10.1 Å². The Morgan fingerprint density at radius 2 is 2.30 bits per heavy atom. The smallest absolute Gasteiger partial charge is 0.285 e. The molecule has 1 heterocycles. The second-order valence-corrected chi connectivity index (χ2v) is 5.76. The summed E-state index contributed by atoms with van der Waals surface area (Å²) in [6, 6.07) is 5.06. The first kappa shape index (κ1) is 17.4. The molecule has 1 aromatic carbocycles. The highest BCUT2D eigenvalue weighted by Gasteiger charge is 2.26. The van der Waals surface area contributed by atoms with E-state index in [9.17, 15) is 14.9 Å². The Kier molecular flexibility index (Phi) is 6.06. The van der Waals surface area contributed by atoms with Crippen LogP contribution in [-0.2, 0) is 4.74 Å². The third-order valence-electron chi connectivity index (χ3n) is 4.24. The molecule has 2 rings (SSSR count). The highest BCUT2D eigenvalue weighted by Crippen LogP contribution is 2.23. The summed E-state index contributed by atoms with van der Waals surface area (Å²) in [7, 11) is 1.67. The summed E-state index contributed by atoms with van der Waals surface area (Å²) in [5.41, 5.74) is 0.495. The van der Waals surface area contributed by atoms with Gasteiger partial charge in [0.05, 0.1) is 11.5 Å². The number of hydrogen-bond acceptors (Lipinski definition) is 5. The lowest BCUT2D eigenvalue weighted by Gasteiger charge is -2.24. The number of amides is 1. The lowest BCUT2D eigenvalue weighted by molar-refractivity contribution is -0.385. The molecule has 1 aromatic rings. The Hall–Kier alpha value is -1.99. The number of methoxy groups -OCH3 is 1. The van der Waals surface area contributed by atoms with Crippen molar-refractivity contribution in [2.45, 2.75) is 25.8 Å². The zero-order chi connectivity index (χ0) is 16.8. The van der Waals surface area contributed by atoms with E-state index in [1.807, 2.05) is 0 Å². The highest BCUT2D eigenvalue weighted by atomic mass is 16.6. The number of carbonyl (C=O) groups is 1. The molecule has 0 spiro atoms. The van der Waals surface area contributed by atoms with Crippen LogP contribution < -0.4 is 5.32 Å². The Balaban J connectivity index is 2.00. The summed E-state index contributed by atoms with van der Waals surface area (Å²) in [5.74, 6) is -0.390. The SMILES string of the molecule is COCCN1CCCC1CNC(=O)c1cccc(C)c1[N+](=O)[O-]. The van der Waals surface area contributed by atoms with E-state index in [4.69, 9.17) is 4.74 Å². The zero-order valence-electron chi connectivity index (χ0n) is 13.6. The number of para-hydroxylation sites is 1. The molecule has 1 atom stereocenters. The fourth-order valence-corrected chi connectivity index (χ4v) is 3.02. The Morgan fingerprint density at radius 1 is 1.52 bits per heavy atom. The first-order valence-corrected chi connectivity index (χ1v) is 7.79. The molecule has 0 radical (unpaired) electrons. The minimum atomic E-state index is -0.495. The van der Waals surface area contributed by atoms with Crippen molar-refractivity contribution in [1.82, 2.24) is 10.2 Å². The number of likely N-dealkylation sites (tertiary alicyclic amines) is 1. The van der Waals surface area contributed by atoms with Crippen LogP contribution in [0.15, 0.2) is 18.2 Å². The molecule has 126 valence electrons. The summed E-state index contributed by atoms with van der Waals surface area (Å²) >= 11 is 0. The Morgan fingerprint density at radius 3 is 3.00 bits per heavy atom. The van der Waals surface area contributed by atoms with Crippen molar-refractivity contribution >= 4 is 11.6 Å². The van der Waals surface area contributed by atoms with E-state index in [2.05, 4.69) is 10.2 Å². The molecule has 1 fully saturated rings. The van der Waals surface area contributed by atoms with E-state index in [1.54, 1.807) is 26.2 Å². The van der Waals surface area contributed by atoms with Crippen LogP contribution in [0, 0.1) is 17.0 Å². The van der Waals surface area contributed by atoms with Crippen molar-refractivity contribution in [2.24, 2.45) is 0 Å². The predicted octanol–water partition coefficient (Wildman–Crippen LogP) is 1.74. The first-order chi connectivity index (χ1) is 11.0. The van der Waals surface area contributed by atoms with Crippen molar-refractivity contribution in [3.63, 3.8) is 0 Å². The minimum absolute atomic E-state index is 0.118. The van der Waals surface area contributed by atoms with Crippen LogP contribution in [0.1, 0.15) is 28.8 Å². The largest absolute Gasteiger partial charge is 0.383 e. The highest BCUT2D eigenvalue weighted by molar-refractivity contribution is 5.98. The fourth-order valence-electron chi connectivity index (χ4n) is 3.02. The number of nitro groups is 1. The van der Waals surface area contributed by atoms with Gasteiger partial charge in [0.1, 0.15) is 5.56 Å². The van der Waals surface area contributed by atoms with Crippen molar-refractivity contribution < 1.29 is 14.5 Å². The summed E-state index contributed by atoms with van der Waals surface area (Å²) < 4.78 is 5.10. The number of nitrogens with zero attached hydrogens (tertiary/aromatic N) is 2. The Bertz CT molecular complexity index is 576. The van der Waals surface area contributed by atoms with Gasteiger partial charge in [0.2, 0.25) is 0 Å². The van der Waals surface area contributed by atoms with Crippen molar-refractivity contribution in [3.8, 4) is 0 Å². The van der Waals surface area contributed by atoms with Gasteiger partial charge in [0.25, 0.3) is 11.6 Å². The zero-order valence-corrected chi connectivity index (χ0v) is 13.6. The lowest BCUT2D eigenvalue weighted by atomic mass is 10.1. The maximum atomic E-state index is 12.3. The molecule has 1 aliphatic rings. The molecular formula is C16H23N3O4. The molecule has 1 N–H and O–H groups in total. The van der Waals surface area contributed by atoms with Gasteiger partial charge in [0.15, 0.2) is 0 Å². The van der Waals surface area contributed by atoms with Crippen molar-refractivity contribution in [3.05, 3.63) is 39.4 Å². The minimum Gasteiger partial charge on any atom is -0.383 e. The quantitative estimate of drug-likeness (QED) is 0.611. The van der Waals surface area contributed by atoms with Gasteiger partial charge in [-0.3, -0.25) is 19.8 Å². The molecule has 1 saturated heterocycles. The van der Waals surface area contributed by atoms with Crippen LogP contribution in [-0.4, -0.2) is 55.1 Å². The Labute approximate surface area is 135 Å². The average molecular weight is 321 g/mol. The number of ether oxygens (including phenoxy) is 1. The van der Waals surface area contributed by atoms with Gasteiger partial charge in [-0.2, -0.15) is 0 Å². The summed E-state index contributed by atoms with van der Waals surface area (Å²) in [5, 5.41) is 14.0. The number of nitrogens with one attached hydrogen (secondary N) is 1. The first-order valence-electron chi connectivity index (χ1n) is 7.79. The summed E-state index contributed by atoms with van der Waals surface area (Å²) in [6.07, 6.45) is 2.11. The standard InChI is InChI=1S/C16H23N3O4/c1-12-5-3-7-14(15(12)19(21)22)16(20)17-11-13-6-4-8-18(13)9-10-23-2/h3,5,7,13H,4,6,8-11H2,1-2H3,(H,17,20). The second-order valence-electron chi connectivity index (χ2n) is 5.76. The number of benzene rings is 1. The summed E-state index contributed by atoms with van der Waals surface area (Å²) in [4.78, 5) is 25.3. The molecule has 7 heteroatoms. The van der Waals surface area contributed by atoms with E-state index < -0.39 is 4.92 Å². The van der Waals surface area contributed by atoms with Crippen LogP contribution >= 0.6 is 0 Å². The molecule has 0 aliphatic carbocycles. The van der Waals surface area contributed by atoms with Gasteiger partial charge >= 0.3 is 0 Å². The third kappa shape index (κ3) is 4.27. The van der Waals surface area contributed by atoms with Crippen LogP contribution in [0.25, 0.3) is 0 Å². The molecule has 0 bridgehead atoms. The number of rotatable bonds is 7. The average Bonchev–Trinajstić information content (AvgIpc) is 2.97. The topological polar surface area (TPSA) is 84.7 Å². The molecule has 1 amide bonds. The molecule has 1 aliphatic heterocycles. The maximum absolute atomic E-state index is 12.3. The van der Waals surface area contributed by atoms with Gasteiger partial charge in [-0.15, -0.1) is 0 Å². The van der Waals surface area contributed by atoms with Gasteiger partial charge in [0, 0.05) is 31.8 Å². The molecule has 7 nitrogen and oxygen atoms in total. The molecular weight excluding hydrogens is 298 g/mol. The van der Waals surface area contributed by atoms with Crippen molar-refractivity contribution in [1.29, 1.82) is 0 Å². The summed E-state index contributed by atoms with van der Waals surface area (Å²) in [6.45, 7) is 4.62. The van der Waals surface area contributed by atoms with Gasteiger partial charge in [-0.25, -0.2) is 0 Å². The normalized spacial score (nSPS) is 18.1. The molecule has 0 saturated carbocycles. The third-order valence-corrected chi connectivity index (χ3v) is 4.24. The van der Waals surface area contributed by atoms with E-state index in [-0.39, 0.29) is 23.2 Å². The van der Waals surface area contributed by atoms with Gasteiger partial charge in [-0.1, -0.05) is 12.1 Å². The molecule has 1 unspecified atom stereocenters. The van der Waals surface area contributed by atoms with Crippen LogP contribution in [0.4, 0.5) is 5.69 Å². The van der Waals surface area contributed by atoms with Crippen molar-refractivity contribution in [2.75, 3.05) is 33.4 Å². The van der Waals surface area contributed by atoms with Gasteiger partial charge in [-0.05, 0) is 32.4 Å². The number of aryl methyl sites for hydroxylation is 1. The van der Waals surface area contributed by atoms with Crippen LogP contribution in [0.2, 0.25) is 0 Å². The fraction of sp³-hybridized carbons (Fsp3) is 0.562. The predicted molar refractivity (Wildman–Crippen MR) is 86.6 cm³/mol. The second kappa shape index (κ2) is 8.03. The van der Waals surface area contributed by atoms with E-state index in [0.717, 1.165) is 25.9 Å². The number of carbonyl (C=O) groups excluding carboxylic acids is 1. The monoisotopic (exact) mass is 321 g/mol. The molecule has 23 heavy (non-hydrogen) atoms. The maximum Gasteiger partial charge on any atom is 0.285 e. The number of hydrogen-bond donors (Lipinski definition) is 1. The molecule has 0 aromatic heterocycles. The van der Waals surface area contributed by atoms with Crippen LogP contribution in [0.3, 0.4) is 0 Å². The van der Waals surface area contributed by atoms with E-state index in [1.165, 1.54) is 6.07 Å².